The SMILES string of the molecule is CCNC(=O)c1ccc(N)c(Oc2cc(Cl)ccc2C)c1. The summed E-state index contributed by atoms with van der Waals surface area (Å²) in [5.41, 5.74) is 7.80. The highest BCUT2D eigenvalue weighted by Crippen LogP contribution is 2.32. The van der Waals surface area contributed by atoms with Crippen LogP contribution in [0.3, 0.4) is 0 Å². The number of rotatable bonds is 4. The molecule has 0 spiro atoms. The molecule has 4 nitrogen and oxygen atoms in total. The fourth-order valence-electron chi connectivity index (χ4n) is 1.83. The minimum absolute atomic E-state index is 0.162. The number of ether oxygens (including phenoxy) is 1. The highest BCUT2D eigenvalue weighted by atomic mass is 35.5. The summed E-state index contributed by atoms with van der Waals surface area (Å²) in [6, 6.07) is 10.3. The third-order valence-electron chi connectivity index (χ3n) is 2.98. The summed E-state index contributed by atoms with van der Waals surface area (Å²) < 4.78 is 5.80. The number of carbonyl (C=O) groups is 1. The van der Waals surface area contributed by atoms with Gasteiger partial charge in [0.15, 0.2) is 5.75 Å². The minimum Gasteiger partial charge on any atom is -0.455 e. The molecule has 0 heterocycles. The van der Waals surface area contributed by atoms with Crippen molar-refractivity contribution in [3.63, 3.8) is 0 Å². The molecule has 0 bridgehead atoms. The zero-order valence-electron chi connectivity index (χ0n) is 11.9. The molecule has 0 aliphatic carbocycles. The van der Waals surface area contributed by atoms with E-state index < -0.39 is 0 Å². The van der Waals surface area contributed by atoms with Crippen LogP contribution in [0, 0.1) is 6.92 Å². The average molecular weight is 305 g/mol. The van der Waals surface area contributed by atoms with E-state index >= 15 is 0 Å². The number of anilines is 1. The molecular formula is C16H17ClN2O2. The number of hydrogen-bond acceptors (Lipinski definition) is 3. The van der Waals surface area contributed by atoms with E-state index in [1.807, 2.05) is 19.9 Å². The van der Waals surface area contributed by atoms with Gasteiger partial charge in [0.2, 0.25) is 0 Å². The van der Waals surface area contributed by atoms with Crippen LogP contribution in [0.5, 0.6) is 11.5 Å². The molecule has 3 N–H and O–H groups in total. The van der Waals surface area contributed by atoms with Crippen LogP contribution in [0.15, 0.2) is 36.4 Å². The maximum Gasteiger partial charge on any atom is 0.251 e. The number of aryl methyl sites for hydroxylation is 1. The Morgan fingerprint density at radius 2 is 2.00 bits per heavy atom. The second-order valence-corrected chi connectivity index (χ2v) is 5.06. The summed E-state index contributed by atoms with van der Waals surface area (Å²) in [6.45, 7) is 4.34. The predicted molar refractivity (Wildman–Crippen MR) is 85.1 cm³/mol. The van der Waals surface area contributed by atoms with Gasteiger partial charge in [-0.3, -0.25) is 4.79 Å². The molecule has 2 aromatic carbocycles. The maximum absolute atomic E-state index is 11.9. The highest BCUT2D eigenvalue weighted by Gasteiger charge is 2.10. The summed E-state index contributed by atoms with van der Waals surface area (Å²) in [5.74, 6) is 0.886. The first-order valence-electron chi connectivity index (χ1n) is 6.63. The van der Waals surface area contributed by atoms with E-state index in [-0.39, 0.29) is 5.91 Å². The molecule has 21 heavy (non-hydrogen) atoms. The summed E-state index contributed by atoms with van der Waals surface area (Å²) in [5, 5.41) is 3.31. The van der Waals surface area contributed by atoms with E-state index in [0.29, 0.717) is 34.3 Å². The van der Waals surface area contributed by atoms with Gasteiger partial charge in [0.25, 0.3) is 5.91 Å². The number of nitrogens with one attached hydrogen (secondary N) is 1. The minimum atomic E-state index is -0.162. The van der Waals surface area contributed by atoms with Crippen molar-refractivity contribution in [1.82, 2.24) is 5.32 Å². The zero-order valence-corrected chi connectivity index (χ0v) is 12.7. The van der Waals surface area contributed by atoms with E-state index in [0.717, 1.165) is 5.56 Å². The molecule has 0 saturated heterocycles. The van der Waals surface area contributed by atoms with Crippen molar-refractivity contribution in [2.75, 3.05) is 12.3 Å². The molecule has 0 unspecified atom stereocenters. The maximum atomic E-state index is 11.9. The van der Waals surface area contributed by atoms with Crippen LogP contribution in [0.4, 0.5) is 5.69 Å². The van der Waals surface area contributed by atoms with Gasteiger partial charge in [-0.1, -0.05) is 17.7 Å². The van der Waals surface area contributed by atoms with Gasteiger partial charge in [0.05, 0.1) is 5.69 Å². The molecule has 1 amide bonds. The van der Waals surface area contributed by atoms with Gasteiger partial charge in [-0.15, -0.1) is 0 Å². The Kier molecular flexibility index (Phi) is 4.70. The van der Waals surface area contributed by atoms with Crippen LogP contribution in [0.25, 0.3) is 0 Å². The number of nitrogen functional groups attached to an aromatic ring is 1. The van der Waals surface area contributed by atoms with E-state index in [4.69, 9.17) is 22.1 Å². The standard InChI is InChI=1S/C16H17ClN2O2/c1-3-19-16(20)11-5-7-13(18)15(8-11)21-14-9-12(17)6-4-10(14)2/h4-9H,3,18H2,1-2H3,(H,19,20). The van der Waals surface area contributed by atoms with Crippen molar-refractivity contribution in [1.29, 1.82) is 0 Å². The number of halogens is 1. The Balaban J connectivity index is 2.33. The van der Waals surface area contributed by atoms with Gasteiger partial charge in [0.1, 0.15) is 5.75 Å². The van der Waals surface area contributed by atoms with E-state index in [9.17, 15) is 4.79 Å². The van der Waals surface area contributed by atoms with Crippen molar-refractivity contribution in [3.8, 4) is 11.5 Å². The Hall–Kier alpha value is -2.20. The van der Waals surface area contributed by atoms with E-state index in [2.05, 4.69) is 5.32 Å². The third kappa shape index (κ3) is 3.67. The lowest BCUT2D eigenvalue weighted by Gasteiger charge is -2.12. The largest absolute Gasteiger partial charge is 0.455 e. The van der Waals surface area contributed by atoms with Crippen molar-refractivity contribution < 1.29 is 9.53 Å². The summed E-state index contributed by atoms with van der Waals surface area (Å²) in [7, 11) is 0. The van der Waals surface area contributed by atoms with Crippen LogP contribution in [-0.4, -0.2) is 12.5 Å². The molecule has 2 rings (SSSR count). The highest BCUT2D eigenvalue weighted by molar-refractivity contribution is 6.30. The Morgan fingerprint density at radius 1 is 1.24 bits per heavy atom. The fourth-order valence-corrected chi connectivity index (χ4v) is 1.99. The molecule has 0 aliphatic rings. The molecule has 0 aromatic heterocycles. The van der Waals surface area contributed by atoms with Crippen LogP contribution in [-0.2, 0) is 0 Å². The van der Waals surface area contributed by atoms with Gasteiger partial charge >= 0.3 is 0 Å². The molecule has 110 valence electrons. The molecule has 0 aliphatic heterocycles. The first-order chi connectivity index (χ1) is 10.0. The molecule has 0 saturated carbocycles. The second kappa shape index (κ2) is 6.50. The molecule has 0 atom stereocenters. The number of hydrogen-bond donors (Lipinski definition) is 2. The van der Waals surface area contributed by atoms with Crippen LogP contribution >= 0.6 is 11.6 Å². The van der Waals surface area contributed by atoms with Gasteiger partial charge in [0, 0.05) is 17.1 Å². The number of benzene rings is 2. The van der Waals surface area contributed by atoms with E-state index in [1.165, 1.54) is 0 Å². The quantitative estimate of drug-likeness (QED) is 0.845. The first kappa shape index (κ1) is 15.2. The molecular weight excluding hydrogens is 288 g/mol. The summed E-state index contributed by atoms with van der Waals surface area (Å²) in [4.78, 5) is 11.9. The lowest BCUT2D eigenvalue weighted by atomic mass is 10.1. The summed E-state index contributed by atoms with van der Waals surface area (Å²) in [6.07, 6.45) is 0. The lowest BCUT2D eigenvalue weighted by molar-refractivity contribution is 0.0955. The van der Waals surface area contributed by atoms with Crippen molar-refractivity contribution in [2.45, 2.75) is 13.8 Å². The third-order valence-corrected chi connectivity index (χ3v) is 3.22. The number of amides is 1. The predicted octanol–water partition coefficient (Wildman–Crippen LogP) is 3.77. The second-order valence-electron chi connectivity index (χ2n) is 4.62. The Labute approximate surface area is 128 Å². The molecule has 5 heteroatoms. The van der Waals surface area contributed by atoms with Crippen molar-refractivity contribution >= 4 is 23.2 Å². The molecule has 0 fully saturated rings. The zero-order chi connectivity index (χ0) is 15.4. The summed E-state index contributed by atoms with van der Waals surface area (Å²) >= 11 is 5.97. The van der Waals surface area contributed by atoms with Gasteiger partial charge < -0.3 is 15.8 Å². The van der Waals surface area contributed by atoms with Crippen molar-refractivity contribution in [2.24, 2.45) is 0 Å². The number of carbonyl (C=O) groups excluding carboxylic acids is 1. The molecule has 2 aromatic rings. The molecule has 0 radical (unpaired) electrons. The number of nitrogens with two attached hydrogens (primary N) is 1. The van der Waals surface area contributed by atoms with Crippen LogP contribution in [0.1, 0.15) is 22.8 Å². The van der Waals surface area contributed by atoms with E-state index in [1.54, 1.807) is 30.3 Å². The first-order valence-corrected chi connectivity index (χ1v) is 7.00. The topological polar surface area (TPSA) is 64.4 Å². The normalized spacial score (nSPS) is 10.2. The average Bonchev–Trinajstić information content (AvgIpc) is 2.45. The lowest BCUT2D eigenvalue weighted by Crippen LogP contribution is -2.22. The fraction of sp³-hybridized carbons (Fsp3) is 0.188. The van der Waals surface area contributed by atoms with Gasteiger partial charge in [-0.25, -0.2) is 0 Å². The van der Waals surface area contributed by atoms with Gasteiger partial charge in [-0.2, -0.15) is 0 Å². The Morgan fingerprint density at radius 3 is 2.71 bits per heavy atom. The van der Waals surface area contributed by atoms with Crippen LogP contribution < -0.4 is 15.8 Å². The van der Waals surface area contributed by atoms with Gasteiger partial charge in [-0.05, 0) is 49.7 Å². The van der Waals surface area contributed by atoms with Crippen LogP contribution in [0.2, 0.25) is 5.02 Å². The van der Waals surface area contributed by atoms with Crippen molar-refractivity contribution in [3.05, 3.63) is 52.5 Å². The Bertz CT molecular complexity index is 671. The monoisotopic (exact) mass is 304 g/mol. The smallest absolute Gasteiger partial charge is 0.251 e.